The van der Waals surface area contributed by atoms with E-state index >= 15 is 0 Å². The van der Waals surface area contributed by atoms with Gasteiger partial charge in [0.1, 0.15) is 5.60 Å². The van der Waals surface area contributed by atoms with E-state index in [1.165, 1.54) is 0 Å². The first-order chi connectivity index (χ1) is 8.26. The summed E-state index contributed by atoms with van der Waals surface area (Å²) in [5, 5.41) is 10.5. The molecule has 1 aliphatic carbocycles. The Kier molecular flexibility index (Phi) is 3.32. The average molecular weight is 256 g/mol. The molecule has 104 valence electrons. The first kappa shape index (κ1) is 13.6. The van der Waals surface area contributed by atoms with Crippen LogP contribution in [0.2, 0.25) is 0 Å². The largest absolute Gasteiger partial charge is 0.444 e. The molecule has 18 heavy (non-hydrogen) atoms. The smallest absolute Gasteiger partial charge is 0.410 e. The molecule has 0 spiro atoms. The Balaban J connectivity index is 2.03. The van der Waals surface area contributed by atoms with E-state index in [0.717, 1.165) is 12.8 Å². The van der Waals surface area contributed by atoms with Crippen LogP contribution in [0.1, 0.15) is 33.6 Å². The maximum absolute atomic E-state index is 12.0. The van der Waals surface area contributed by atoms with Crippen LogP contribution in [0.4, 0.5) is 4.79 Å². The summed E-state index contributed by atoms with van der Waals surface area (Å²) in [6.45, 7) is 6.97. The molecule has 1 saturated heterocycles. The van der Waals surface area contributed by atoms with Crippen LogP contribution in [0, 0.1) is 11.8 Å². The first-order valence-corrected chi connectivity index (χ1v) is 6.66. The van der Waals surface area contributed by atoms with E-state index < -0.39 is 11.2 Å². The number of piperidine rings is 1. The van der Waals surface area contributed by atoms with E-state index in [1.54, 1.807) is 4.90 Å². The number of carbonyl (C=O) groups is 1. The summed E-state index contributed by atoms with van der Waals surface area (Å²) in [6.07, 6.45) is 1.61. The molecule has 5 heteroatoms. The topological polar surface area (TPSA) is 75.8 Å². The number of hydrogen-bond acceptors (Lipinski definition) is 4. The molecule has 2 unspecified atom stereocenters. The van der Waals surface area contributed by atoms with Crippen LogP contribution in [0.5, 0.6) is 0 Å². The fraction of sp³-hybridized carbons (Fsp3) is 0.923. The maximum Gasteiger partial charge on any atom is 0.410 e. The van der Waals surface area contributed by atoms with Crippen molar-refractivity contribution in [3.05, 3.63) is 0 Å². The molecular weight excluding hydrogens is 232 g/mol. The minimum absolute atomic E-state index is 0.0915. The second-order valence-corrected chi connectivity index (χ2v) is 6.55. The van der Waals surface area contributed by atoms with Crippen molar-refractivity contribution in [2.24, 2.45) is 17.6 Å². The third-order valence-corrected chi connectivity index (χ3v) is 4.14. The Morgan fingerprint density at radius 3 is 2.28 bits per heavy atom. The predicted molar refractivity (Wildman–Crippen MR) is 68.0 cm³/mol. The molecule has 2 rings (SSSR count). The van der Waals surface area contributed by atoms with Crippen LogP contribution >= 0.6 is 0 Å². The molecule has 3 N–H and O–H groups in total. The maximum atomic E-state index is 12.0. The summed E-state index contributed by atoms with van der Waals surface area (Å²) in [7, 11) is 0. The number of hydrogen-bond donors (Lipinski definition) is 2. The standard InChI is InChI=1S/C13H24N2O3/c1-12(2,3)18-11(16)15-6-9-4-5-10(7-15)13(9,17)8-14/h9-10,17H,4-8,14H2,1-3H3. The summed E-state index contributed by atoms with van der Waals surface area (Å²) < 4.78 is 5.38. The summed E-state index contributed by atoms with van der Waals surface area (Å²) in [5.74, 6) is 0.183. The van der Waals surface area contributed by atoms with Gasteiger partial charge in [0, 0.05) is 31.5 Å². The highest BCUT2D eigenvalue weighted by atomic mass is 16.6. The van der Waals surface area contributed by atoms with E-state index in [-0.39, 0.29) is 24.5 Å². The van der Waals surface area contributed by atoms with Crippen molar-refractivity contribution in [3.8, 4) is 0 Å². The summed E-state index contributed by atoms with van der Waals surface area (Å²) >= 11 is 0. The van der Waals surface area contributed by atoms with Crippen LogP contribution in [-0.4, -0.2) is 46.9 Å². The number of ether oxygens (including phenoxy) is 1. The van der Waals surface area contributed by atoms with Gasteiger partial charge >= 0.3 is 6.09 Å². The van der Waals surface area contributed by atoms with Gasteiger partial charge < -0.3 is 20.5 Å². The van der Waals surface area contributed by atoms with Gasteiger partial charge in [0.2, 0.25) is 0 Å². The Labute approximate surface area is 108 Å². The molecule has 0 aromatic carbocycles. The molecule has 1 heterocycles. The van der Waals surface area contributed by atoms with Gasteiger partial charge in [-0.15, -0.1) is 0 Å². The zero-order valence-corrected chi connectivity index (χ0v) is 11.5. The average Bonchev–Trinajstić information content (AvgIpc) is 2.48. The summed E-state index contributed by atoms with van der Waals surface area (Å²) in [5.41, 5.74) is 4.44. The lowest BCUT2D eigenvalue weighted by Crippen LogP contribution is -2.59. The van der Waals surface area contributed by atoms with Crippen molar-refractivity contribution in [2.75, 3.05) is 19.6 Å². The first-order valence-electron chi connectivity index (χ1n) is 6.66. The monoisotopic (exact) mass is 256 g/mol. The van der Waals surface area contributed by atoms with Gasteiger partial charge in [-0.1, -0.05) is 0 Å². The minimum Gasteiger partial charge on any atom is -0.444 e. The van der Waals surface area contributed by atoms with Gasteiger partial charge in [0.15, 0.2) is 0 Å². The molecule has 2 bridgehead atoms. The molecule has 0 aromatic heterocycles. The summed E-state index contributed by atoms with van der Waals surface area (Å²) in [6, 6.07) is 0. The van der Waals surface area contributed by atoms with Crippen LogP contribution in [0.3, 0.4) is 0 Å². The second-order valence-electron chi connectivity index (χ2n) is 6.55. The third-order valence-electron chi connectivity index (χ3n) is 4.14. The number of aliphatic hydroxyl groups is 1. The highest BCUT2D eigenvalue weighted by Crippen LogP contribution is 2.44. The normalized spacial score (nSPS) is 35.7. The van der Waals surface area contributed by atoms with Crippen molar-refractivity contribution >= 4 is 6.09 Å². The van der Waals surface area contributed by atoms with Crippen molar-refractivity contribution in [2.45, 2.75) is 44.8 Å². The highest BCUT2D eigenvalue weighted by Gasteiger charge is 2.53. The number of fused-ring (bicyclic) bond motifs is 2. The Hall–Kier alpha value is -0.810. The van der Waals surface area contributed by atoms with E-state index in [0.29, 0.717) is 13.1 Å². The quantitative estimate of drug-likeness (QED) is 0.732. The van der Waals surface area contributed by atoms with Crippen LogP contribution < -0.4 is 5.73 Å². The van der Waals surface area contributed by atoms with Crippen molar-refractivity contribution in [3.63, 3.8) is 0 Å². The molecule has 0 aromatic rings. The number of rotatable bonds is 1. The molecule has 1 aliphatic heterocycles. The number of likely N-dealkylation sites (tertiary alicyclic amines) is 1. The molecule has 2 aliphatic rings. The third kappa shape index (κ3) is 2.34. The van der Waals surface area contributed by atoms with Gasteiger partial charge in [-0.05, 0) is 33.6 Å². The molecule has 2 fully saturated rings. The molecule has 1 amide bonds. The van der Waals surface area contributed by atoms with Gasteiger partial charge in [0.25, 0.3) is 0 Å². The van der Waals surface area contributed by atoms with E-state index in [9.17, 15) is 9.90 Å². The lowest BCUT2D eigenvalue weighted by molar-refractivity contribution is -0.0777. The molecule has 2 atom stereocenters. The number of amides is 1. The lowest BCUT2D eigenvalue weighted by Gasteiger charge is -2.43. The number of nitrogens with two attached hydrogens (primary N) is 1. The van der Waals surface area contributed by atoms with Gasteiger partial charge in [-0.3, -0.25) is 0 Å². The predicted octanol–water partition coefficient (Wildman–Crippen LogP) is 0.953. The van der Waals surface area contributed by atoms with Crippen molar-refractivity contribution in [1.29, 1.82) is 0 Å². The molecule has 1 saturated carbocycles. The number of nitrogens with zero attached hydrogens (tertiary/aromatic N) is 1. The van der Waals surface area contributed by atoms with Gasteiger partial charge in [-0.2, -0.15) is 0 Å². The van der Waals surface area contributed by atoms with Crippen LogP contribution in [0.25, 0.3) is 0 Å². The highest BCUT2D eigenvalue weighted by molar-refractivity contribution is 5.68. The van der Waals surface area contributed by atoms with E-state index in [4.69, 9.17) is 10.5 Å². The van der Waals surface area contributed by atoms with Crippen LogP contribution in [-0.2, 0) is 4.74 Å². The van der Waals surface area contributed by atoms with Crippen molar-refractivity contribution < 1.29 is 14.6 Å². The van der Waals surface area contributed by atoms with Gasteiger partial charge in [0.05, 0.1) is 5.60 Å². The fourth-order valence-corrected chi connectivity index (χ4v) is 3.15. The van der Waals surface area contributed by atoms with Crippen molar-refractivity contribution in [1.82, 2.24) is 4.90 Å². The van der Waals surface area contributed by atoms with E-state index in [2.05, 4.69) is 0 Å². The fourth-order valence-electron chi connectivity index (χ4n) is 3.15. The van der Waals surface area contributed by atoms with E-state index in [1.807, 2.05) is 20.8 Å². The second kappa shape index (κ2) is 4.38. The minimum atomic E-state index is -0.779. The Morgan fingerprint density at radius 2 is 1.89 bits per heavy atom. The van der Waals surface area contributed by atoms with Gasteiger partial charge in [-0.25, -0.2) is 4.79 Å². The Bertz CT molecular complexity index is 324. The Morgan fingerprint density at radius 1 is 1.39 bits per heavy atom. The molecular formula is C13H24N2O3. The van der Waals surface area contributed by atoms with Crippen LogP contribution in [0.15, 0.2) is 0 Å². The molecule has 5 nitrogen and oxygen atoms in total. The summed E-state index contributed by atoms with van der Waals surface area (Å²) in [4.78, 5) is 13.7. The SMILES string of the molecule is CC(C)(C)OC(=O)N1CC2CCC(C1)C2(O)CN. The number of carbonyl (C=O) groups excluding carboxylic acids is 1. The lowest BCUT2D eigenvalue weighted by atomic mass is 9.80. The molecule has 0 radical (unpaired) electrons. The zero-order valence-electron chi connectivity index (χ0n) is 11.5. The zero-order chi connectivity index (χ0) is 13.6.